The molecule has 0 bridgehead atoms. The molecule has 0 radical (unpaired) electrons. The van der Waals surface area contributed by atoms with E-state index in [1.54, 1.807) is 6.20 Å². The van der Waals surface area contributed by atoms with E-state index in [-0.39, 0.29) is 12.1 Å². The summed E-state index contributed by atoms with van der Waals surface area (Å²) in [7, 11) is 0. The van der Waals surface area contributed by atoms with E-state index in [9.17, 15) is 5.11 Å². The van der Waals surface area contributed by atoms with Gasteiger partial charge in [0.25, 0.3) is 0 Å². The first-order valence-corrected chi connectivity index (χ1v) is 7.91. The summed E-state index contributed by atoms with van der Waals surface area (Å²) in [5, 5.41) is 13.8. The highest BCUT2D eigenvalue weighted by Crippen LogP contribution is 2.27. The third-order valence-corrected chi connectivity index (χ3v) is 4.36. The molecule has 2 aromatic heterocycles. The molecule has 0 saturated heterocycles. The van der Waals surface area contributed by atoms with E-state index in [0.717, 1.165) is 37.3 Å². The largest absolute Gasteiger partial charge is 0.391 e. The van der Waals surface area contributed by atoms with Crippen molar-refractivity contribution >= 4 is 0 Å². The van der Waals surface area contributed by atoms with Gasteiger partial charge in [-0.25, -0.2) is 4.98 Å². The summed E-state index contributed by atoms with van der Waals surface area (Å²) in [6.07, 6.45) is 7.21. The summed E-state index contributed by atoms with van der Waals surface area (Å²) in [5.74, 6) is 0.502. The van der Waals surface area contributed by atoms with Crippen molar-refractivity contribution in [1.82, 2.24) is 19.9 Å². The minimum atomic E-state index is -0.266. The lowest BCUT2D eigenvalue weighted by Gasteiger charge is -2.17. The number of imidazole rings is 1. The molecule has 2 aromatic rings. The third kappa shape index (κ3) is 3.72. The Kier molecular flexibility index (Phi) is 4.55. The maximum atomic E-state index is 10.3. The van der Waals surface area contributed by atoms with Crippen molar-refractivity contribution in [2.45, 2.75) is 51.9 Å². The number of rotatable bonds is 5. The second kappa shape index (κ2) is 6.58. The van der Waals surface area contributed by atoms with Crippen LogP contribution in [0.15, 0.2) is 30.9 Å². The SMILES string of the molecule is Cc1cc(CN[C@@H]2CC(Cn3ccnc3)C[C@H]2O)cc(C)n1. The smallest absolute Gasteiger partial charge is 0.0945 e. The minimum Gasteiger partial charge on any atom is -0.391 e. The van der Waals surface area contributed by atoms with Gasteiger partial charge in [0.15, 0.2) is 0 Å². The Hall–Kier alpha value is -1.72. The van der Waals surface area contributed by atoms with Crippen molar-refractivity contribution in [3.63, 3.8) is 0 Å². The Morgan fingerprint density at radius 1 is 1.27 bits per heavy atom. The first kappa shape index (κ1) is 15.2. The molecule has 1 aliphatic carbocycles. The van der Waals surface area contributed by atoms with Gasteiger partial charge in [-0.3, -0.25) is 4.98 Å². The highest BCUT2D eigenvalue weighted by Gasteiger charge is 2.32. The second-order valence-electron chi connectivity index (χ2n) is 6.41. The van der Waals surface area contributed by atoms with E-state index in [4.69, 9.17) is 0 Å². The summed E-state index contributed by atoms with van der Waals surface area (Å²) in [5.41, 5.74) is 3.32. The molecule has 22 heavy (non-hydrogen) atoms. The van der Waals surface area contributed by atoms with Gasteiger partial charge >= 0.3 is 0 Å². The first-order valence-electron chi connectivity index (χ1n) is 7.91. The van der Waals surface area contributed by atoms with Crippen molar-refractivity contribution in [2.24, 2.45) is 5.92 Å². The zero-order chi connectivity index (χ0) is 15.5. The highest BCUT2D eigenvalue weighted by atomic mass is 16.3. The lowest BCUT2D eigenvalue weighted by Crippen LogP contribution is -2.35. The zero-order valence-corrected chi connectivity index (χ0v) is 13.2. The van der Waals surface area contributed by atoms with E-state index < -0.39 is 0 Å². The fourth-order valence-corrected chi connectivity index (χ4v) is 3.45. The zero-order valence-electron chi connectivity index (χ0n) is 13.2. The number of hydrogen-bond acceptors (Lipinski definition) is 4. The molecule has 118 valence electrons. The molecule has 2 heterocycles. The number of nitrogens with one attached hydrogen (secondary N) is 1. The number of aliphatic hydroxyl groups is 1. The third-order valence-electron chi connectivity index (χ3n) is 4.36. The van der Waals surface area contributed by atoms with Gasteiger partial charge in [0.05, 0.1) is 12.4 Å². The molecule has 1 unspecified atom stereocenters. The molecule has 2 N–H and O–H groups in total. The van der Waals surface area contributed by atoms with Crippen LogP contribution in [-0.2, 0) is 13.1 Å². The molecule has 1 aliphatic rings. The van der Waals surface area contributed by atoms with Crippen LogP contribution < -0.4 is 5.32 Å². The monoisotopic (exact) mass is 300 g/mol. The molecule has 3 atom stereocenters. The van der Waals surface area contributed by atoms with Crippen LogP contribution in [0.3, 0.4) is 0 Å². The molecular formula is C17H24N4O. The van der Waals surface area contributed by atoms with Crippen LogP contribution in [0.4, 0.5) is 0 Å². The number of nitrogens with zero attached hydrogens (tertiary/aromatic N) is 3. The molecule has 0 spiro atoms. The molecule has 5 nitrogen and oxygen atoms in total. The Labute approximate surface area is 131 Å². The summed E-state index contributed by atoms with van der Waals surface area (Å²) in [6, 6.07) is 4.37. The van der Waals surface area contributed by atoms with Crippen LogP contribution >= 0.6 is 0 Å². The number of aliphatic hydroxyl groups excluding tert-OH is 1. The van der Waals surface area contributed by atoms with Gasteiger partial charge in [-0.15, -0.1) is 0 Å². The maximum absolute atomic E-state index is 10.3. The van der Waals surface area contributed by atoms with Crippen LogP contribution in [-0.4, -0.2) is 31.8 Å². The summed E-state index contributed by atoms with van der Waals surface area (Å²) >= 11 is 0. The molecule has 0 amide bonds. The Balaban J connectivity index is 1.54. The summed E-state index contributed by atoms with van der Waals surface area (Å²) < 4.78 is 2.09. The van der Waals surface area contributed by atoms with Gasteiger partial charge in [-0.05, 0) is 50.3 Å². The van der Waals surface area contributed by atoms with E-state index >= 15 is 0 Å². The molecule has 5 heteroatoms. The number of hydrogen-bond donors (Lipinski definition) is 2. The van der Waals surface area contributed by atoms with Gasteiger partial charge < -0.3 is 15.0 Å². The molecule has 3 rings (SSSR count). The number of aryl methyl sites for hydroxylation is 2. The molecule has 0 aromatic carbocycles. The van der Waals surface area contributed by atoms with Crippen molar-refractivity contribution in [3.8, 4) is 0 Å². The average Bonchev–Trinajstić information content (AvgIpc) is 3.06. The normalized spacial score (nSPS) is 24.8. The quantitative estimate of drug-likeness (QED) is 0.884. The molecule has 0 aliphatic heterocycles. The van der Waals surface area contributed by atoms with Crippen LogP contribution in [0.25, 0.3) is 0 Å². The maximum Gasteiger partial charge on any atom is 0.0945 e. The van der Waals surface area contributed by atoms with Crippen molar-refractivity contribution in [3.05, 3.63) is 47.8 Å². The summed E-state index contributed by atoms with van der Waals surface area (Å²) in [4.78, 5) is 8.47. The fourth-order valence-electron chi connectivity index (χ4n) is 3.45. The van der Waals surface area contributed by atoms with Gasteiger partial charge in [-0.2, -0.15) is 0 Å². The fraction of sp³-hybridized carbons (Fsp3) is 0.529. The second-order valence-corrected chi connectivity index (χ2v) is 6.41. The molecule has 1 fully saturated rings. The van der Waals surface area contributed by atoms with Crippen LogP contribution in [0.2, 0.25) is 0 Å². The first-order chi connectivity index (χ1) is 10.6. The van der Waals surface area contributed by atoms with Crippen molar-refractivity contribution in [1.29, 1.82) is 0 Å². The predicted molar refractivity (Wildman–Crippen MR) is 85.3 cm³/mol. The van der Waals surface area contributed by atoms with E-state index in [2.05, 4.69) is 32.0 Å². The topological polar surface area (TPSA) is 63.0 Å². The van der Waals surface area contributed by atoms with E-state index in [1.165, 1.54) is 5.56 Å². The van der Waals surface area contributed by atoms with Gasteiger partial charge in [0.2, 0.25) is 0 Å². The standard InChI is InChI=1S/C17H24N4O/c1-12-5-14(6-13(2)20-12)9-19-16-7-15(8-17(16)22)10-21-4-3-18-11-21/h3-6,11,15-17,19,22H,7-10H2,1-2H3/t15?,16-,17-/m1/s1. The van der Waals surface area contributed by atoms with Crippen LogP contribution in [0, 0.1) is 19.8 Å². The van der Waals surface area contributed by atoms with Crippen molar-refractivity contribution in [2.75, 3.05) is 0 Å². The van der Waals surface area contributed by atoms with Gasteiger partial charge in [0, 0.05) is 42.9 Å². The Bertz CT molecular complexity index is 591. The lowest BCUT2D eigenvalue weighted by molar-refractivity contribution is 0.145. The molecule has 1 saturated carbocycles. The van der Waals surface area contributed by atoms with Crippen LogP contribution in [0.5, 0.6) is 0 Å². The van der Waals surface area contributed by atoms with E-state index in [0.29, 0.717) is 5.92 Å². The minimum absolute atomic E-state index is 0.169. The average molecular weight is 300 g/mol. The van der Waals surface area contributed by atoms with Gasteiger partial charge in [0.1, 0.15) is 0 Å². The van der Waals surface area contributed by atoms with E-state index in [1.807, 2.05) is 26.4 Å². The predicted octanol–water partition coefficient (Wildman–Crippen LogP) is 1.82. The number of pyridine rings is 1. The Morgan fingerprint density at radius 2 is 2.05 bits per heavy atom. The summed E-state index contributed by atoms with van der Waals surface area (Å²) in [6.45, 7) is 5.75. The number of aromatic nitrogens is 3. The van der Waals surface area contributed by atoms with Crippen LogP contribution in [0.1, 0.15) is 29.8 Å². The van der Waals surface area contributed by atoms with Gasteiger partial charge in [-0.1, -0.05) is 0 Å². The molecular weight excluding hydrogens is 276 g/mol. The highest BCUT2D eigenvalue weighted by molar-refractivity contribution is 5.20. The lowest BCUT2D eigenvalue weighted by atomic mass is 10.1. The Morgan fingerprint density at radius 3 is 2.73 bits per heavy atom. The van der Waals surface area contributed by atoms with Crippen molar-refractivity contribution < 1.29 is 5.11 Å².